The van der Waals surface area contributed by atoms with Gasteiger partial charge in [-0.15, -0.1) is 0 Å². The van der Waals surface area contributed by atoms with Crippen LogP contribution in [0.5, 0.6) is 0 Å². The van der Waals surface area contributed by atoms with Gasteiger partial charge in [-0.1, -0.05) is 5.16 Å². The summed E-state index contributed by atoms with van der Waals surface area (Å²) >= 11 is 1.51. The van der Waals surface area contributed by atoms with Gasteiger partial charge in [-0.25, -0.2) is 0 Å². The molecule has 2 aromatic rings. The Hall–Kier alpha value is -1.66. The van der Waals surface area contributed by atoms with Crippen LogP contribution >= 0.6 is 11.3 Å². The molecule has 2 heterocycles. The Bertz CT molecular complexity index is 560. The summed E-state index contributed by atoms with van der Waals surface area (Å²) in [4.78, 5) is 11.8. The van der Waals surface area contributed by atoms with Crippen molar-refractivity contribution >= 4 is 17.2 Å². The lowest BCUT2D eigenvalue weighted by molar-refractivity contribution is 0.0907. The van der Waals surface area contributed by atoms with E-state index < -0.39 is 6.10 Å². The molecule has 19 heavy (non-hydrogen) atoms. The molecule has 1 atom stereocenters. The third kappa shape index (κ3) is 2.85. The van der Waals surface area contributed by atoms with Gasteiger partial charge < -0.3 is 14.9 Å². The molecule has 100 valence electrons. The summed E-state index contributed by atoms with van der Waals surface area (Å²) in [5.74, 6) is 0.902. The zero-order chi connectivity index (χ0) is 13.2. The lowest BCUT2D eigenvalue weighted by Gasteiger charge is -2.09. The first kappa shape index (κ1) is 12.4. The number of rotatable bonds is 5. The molecule has 0 bridgehead atoms. The number of hydrogen-bond donors (Lipinski definition) is 2. The number of nitrogens with one attached hydrogen (secondary N) is 1. The van der Waals surface area contributed by atoms with E-state index in [0.717, 1.165) is 24.2 Å². The maximum absolute atomic E-state index is 11.8. The van der Waals surface area contributed by atoms with Crippen molar-refractivity contribution in [1.29, 1.82) is 0 Å². The van der Waals surface area contributed by atoms with Crippen molar-refractivity contribution in [2.75, 3.05) is 6.54 Å². The average Bonchev–Trinajstić information content (AvgIpc) is 2.96. The Balaban J connectivity index is 1.55. The van der Waals surface area contributed by atoms with Crippen molar-refractivity contribution in [3.05, 3.63) is 39.9 Å². The topological polar surface area (TPSA) is 75.4 Å². The minimum atomic E-state index is -0.690. The molecule has 1 saturated carbocycles. The van der Waals surface area contributed by atoms with E-state index in [0.29, 0.717) is 5.92 Å². The van der Waals surface area contributed by atoms with E-state index in [1.807, 2.05) is 16.8 Å². The van der Waals surface area contributed by atoms with E-state index in [1.165, 1.54) is 11.3 Å². The Morgan fingerprint density at radius 2 is 2.47 bits per heavy atom. The Morgan fingerprint density at radius 3 is 3.16 bits per heavy atom. The van der Waals surface area contributed by atoms with Crippen molar-refractivity contribution in [2.24, 2.45) is 0 Å². The monoisotopic (exact) mass is 278 g/mol. The molecule has 1 aliphatic rings. The second-order valence-electron chi connectivity index (χ2n) is 4.67. The zero-order valence-electron chi connectivity index (χ0n) is 10.2. The third-order valence-corrected chi connectivity index (χ3v) is 3.83. The van der Waals surface area contributed by atoms with Crippen LogP contribution in [0.25, 0.3) is 0 Å². The summed E-state index contributed by atoms with van der Waals surface area (Å²) in [5.41, 5.74) is 1.09. The first-order valence-electron chi connectivity index (χ1n) is 6.19. The van der Waals surface area contributed by atoms with Crippen molar-refractivity contribution in [2.45, 2.75) is 24.9 Å². The minimum Gasteiger partial charge on any atom is -0.387 e. The number of amides is 1. The summed E-state index contributed by atoms with van der Waals surface area (Å²) in [6, 6.07) is 3.52. The molecule has 6 heteroatoms. The fourth-order valence-electron chi connectivity index (χ4n) is 1.82. The molecule has 3 rings (SSSR count). The minimum absolute atomic E-state index is 0.168. The Morgan fingerprint density at radius 1 is 1.63 bits per heavy atom. The fourth-order valence-corrected chi connectivity index (χ4v) is 2.53. The van der Waals surface area contributed by atoms with E-state index in [-0.39, 0.29) is 18.1 Å². The van der Waals surface area contributed by atoms with Gasteiger partial charge in [0.25, 0.3) is 5.91 Å². The number of thiophene rings is 1. The van der Waals surface area contributed by atoms with E-state index in [4.69, 9.17) is 4.52 Å². The van der Waals surface area contributed by atoms with Crippen molar-refractivity contribution < 1.29 is 14.4 Å². The van der Waals surface area contributed by atoms with Gasteiger partial charge in [0.15, 0.2) is 5.69 Å². The maximum atomic E-state index is 11.8. The van der Waals surface area contributed by atoms with E-state index in [9.17, 15) is 9.90 Å². The summed E-state index contributed by atoms with van der Waals surface area (Å²) in [6.45, 7) is 0.168. The normalized spacial score (nSPS) is 16.3. The lowest BCUT2D eigenvalue weighted by Crippen LogP contribution is -2.28. The molecule has 0 aromatic carbocycles. The first-order chi connectivity index (χ1) is 9.24. The van der Waals surface area contributed by atoms with Crippen molar-refractivity contribution in [3.8, 4) is 0 Å². The van der Waals surface area contributed by atoms with Crippen LogP contribution in [-0.4, -0.2) is 22.7 Å². The third-order valence-electron chi connectivity index (χ3n) is 3.12. The van der Waals surface area contributed by atoms with Crippen molar-refractivity contribution in [1.82, 2.24) is 10.5 Å². The van der Waals surface area contributed by atoms with Gasteiger partial charge in [0.05, 0.1) is 6.10 Å². The summed E-state index contributed by atoms with van der Waals surface area (Å²) in [6.07, 6.45) is 1.52. The highest BCUT2D eigenvalue weighted by Crippen LogP contribution is 2.40. The first-order valence-corrected chi connectivity index (χ1v) is 7.13. The van der Waals surface area contributed by atoms with Gasteiger partial charge in [0.1, 0.15) is 5.76 Å². The molecule has 1 aliphatic carbocycles. The molecule has 0 radical (unpaired) electrons. The molecular weight excluding hydrogens is 264 g/mol. The smallest absolute Gasteiger partial charge is 0.273 e. The van der Waals surface area contributed by atoms with Crippen LogP contribution in [0.3, 0.4) is 0 Å². The van der Waals surface area contributed by atoms with Gasteiger partial charge in [-0.05, 0) is 35.2 Å². The SMILES string of the molecule is O=C(NCC(O)c1ccsc1)c1cc(C2CC2)on1. The van der Waals surface area contributed by atoms with Gasteiger partial charge >= 0.3 is 0 Å². The number of aromatic nitrogens is 1. The molecule has 5 nitrogen and oxygen atoms in total. The molecule has 2 aromatic heterocycles. The van der Waals surface area contributed by atoms with Crippen LogP contribution in [0.2, 0.25) is 0 Å². The highest BCUT2D eigenvalue weighted by molar-refractivity contribution is 7.07. The predicted octanol–water partition coefficient (Wildman–Crippen LogP) is 2.08. The van der Waals surface area contributed by atoms with Crippen LogP contribution in [0, 0.1) is 0 Å². The summed E-state index contributed by atoms with van der Waals surface area (Å²) in [5, 5.41) is 20.0. The lowest BCUT2D eigenvalue weighted by atomic mass is 10.2. The van der Waals surface area contributed by atoms with Gasteiger partial charge in [0, 0.05) is 18.5 Å². The van der Waals surface area contributed by atoms with Crippen LogP contribution in [0.1, 0.15) is 46.7 Å². The number of carbonyl (C=O) groups is 1. The molecular formula is C13H14N2O3S. The zero-order valence-corrected chi connectivity index (χ0v) is 11.0. The van der Waals surface area contributed by atoms with Crippen LogP contribution < -0.4 is 5.32 Å². The van der Waals surface area contributed by atoms with Crippen LogP contribution in [-0.2, 0) is 0 Å². The van der Waals surface area contributed by atoms with Crippen LogP contribution in [0.4, 0.5) is 0 Å². The van der Waals surface area contributed by atoms with Crippen molar-refractivity contribution in [3.63, 3.8) is 0 Å². The highest BCUT2D eigenvalue weighted by atomic mass is 32.1. The van der Waals surface area contributed by atoms with Crippen LogP contribution in [0.15, 0.2) is 27.4 Å². The molecule has 0 saturated heterocycles. The Kier molecular flexibility index (Phi) is 3.35. The molecule has 1 amide bonds. The number of carbonyl (C=O) groups excluding carboxylic acids is 1. The number of aliphatic hydroxyl groups excluding tert-OH is 1. The largest absolute Gasteiger partial charge is 0.387 e. The highest BCUT2D eigenvalue weighted by Gasteiger charge is 2.28. The second kappa shape index (κ2) is 5.14. The quantitative estimate of drug-likeness (QED) is 0.878. The molecule has 2 N–H and O–H groups in total. The van der Waals surface area contributed by atoms with E-state index in [2.05, 4.69) is 10.5 Å². The maximum Gasteiger partial charge on any atom is 0.273 e. The van der Waals surface area contributed by atoms with Gasteiger partial charge in [0.2, 0.25) is 0 Å². The average molecular weight is 278 g/mol. The summed E-state index contributed by atoms with van der Waals surface area (Å²) < 4.78 is 5.12. The number of hydrogen-bond acceptors (Lipinski definition) is 5. The predicted molar refractivity (Wildman–Crippen MR) is 70.1 cm³/mol. The molecule has 1 unspecified atom stereocenters. The standard InChI is InChI=1S/C13H14N2O3S/c16-11(9-3-4-19-7-9)6-14-13(17)10-5-12(18-15-10)8-1-2-8/h3-5,7-8,11,16H,1-2,6H2,(H,14,17). The Labute approximate surface area is 114 Å². The number of aliphatic hydroxyl groups is 1. The molecule has 0 aliphatic heterocycles. The van der Waals surface area contributed by atoms with Gasteiger partial charge in [-0.2, -0.15) is 11.3 Å². The molecule has 0 spiro atoms. The summed E-state index contributed by atoms with van der Waals surface area (Å²) in [7, 11) is 0. The second-order valence-corrected chi connectivity index (χ2v) is 5.45. The number of nitrogens with zero attached hydrogens (tertiary/aromatic N) is 1. The van der Waals surface area contributed by atoms with E-state index in [1.54, 1.807) is 6.07 Å². The van der Waals surface area contributed by atoms with E-state index >= 15 is 0 Å². The van der Waals surface area contributed by atoms with Gasteiger partial charge in [-0.3, -0.25) is 4.79 Å². The molecule has 1 fully saturated rings. The fraction of sp³-hybridized carbons (Fsp3) is 0.385.